The van der Waals surface area contributed by atoms with Crippen LogP contribution in [0.4, 0.5) is 0 Å². The molecule has 5 nitrogen and oxygen atoms in total. The SMILES string of the molecule is Cc1cc(C)cc(CNC(=O)[C@@H]2C[C@H](CN3CCOCC3)CN(Cc3ccc4ccccc4c3)C2)c1. The number of nitrogens with one attached hydrogen (secondary N) is 1. The van der Waals surface area contributed by atoms with Crippen LogP contribution < -0.4 is 5.32 Å². The second-order valence-corrected chi connectivity index (χ2v) is 10.8. The van der Waals surface area contributed by atoms with Crippen molar-refractivity contribution in [3.63, 3.8) is 0 Å². The molecule has 3 aromatic carbocycles. The largest absolute Gasteiger partial charge is 0.379 e. The summed E-state index contributed by atoms with van der Waals surface area (Å²) in [6, 6.07) is 21.8. The minimum absolute atomic E-state index is 0.0103. The quantitative estimate of drug-likeness (QED) is 0.534. The zero-order valence-corrected chi connectivity index (χ0v) is 21.7. The van der Waals surface area contributed by atoms with E-state index in [0.717, 1.165) is 58.9 Å². The number of carbonyl (C=O) groups is 1. The highest BCUT2D eigenvalue weighted by molar-refractivity contribution is 5.83. The van der Waals surface area contributed by atoms with Crippen LogP contribution in [0.15, 0.2) is 60.7 Å². The summed E-state index contributed by atoms with van der Waals surface area (Å²) in [4.78, 5) is 18.4. The fourth-order valence-corrected chi connectivity index (χ4v) is 6.00. The van der Waals surface area contributed by atoms with Gasteiger partial charge in [-0.2, -0.15) is 0 Å². The fraction of sp³-hybridized carbons (Fsp3) is 0.452. The van der Waals surface area contributed by atoms with Crippen molar-refractivity contribution in [3.8, 4) is 0 Å². The highest BCUT2D eigenvalue weighted by Gasteiger charge is 2.32. The summed E-state index contributed by atoms with van der Waals surface area (Å²) in [7, 11) is 0. The predicted molar refractivity (Wildman–Crippen MR) is 146 cm³/mol. The Morgan fingerprint density at radius 1 is 0.889 bits per heavy atom. The molecule has 0 spiro atoms. The van der Waals surface area contributed by atoms with E-state index in [1.54, 1.807) is 0 Å². The van der Waals surface area contributed by atoms with Gasteiger partial charge < -0.3 is 10.1 Å². The smallest absolute Gasteiger partial charge is 0.224 e. The van der Waals surface area contributed by atoms with Crippen LogP contribution in [0.3, 0.4) is 0 Å². The first-order chi connectivity index (χ1) is 17.5. The first kappa shape index (κ1) is 24.9. The number of carbonyl (C=O) groups excluding carboxylic acids is 1. The Bertz CT molecular complexity index is 1170. The summed E-state index contributed by atoms with van der Waals surface area (Å²) < 4.78 is 5.56. The minimum atomic E-state index is 0.0103. The Morgan fingerprint density at radius 2 is 1.64 bits per heavy atom. The number of amides is 1. The third kappa shape index (κ3) is 6.52. The average molecular weight is 486 g/mol. The van der Waals surface area contributed by atoms with Crippen LogP contribution >= 0.6 is 0 Å². The van der Waals surface area contributed by atoms with Gasteiger partial charge >= 0.3 is 0 Å². The molecule has 2 fully saturated rings. The molecular formula is C31H39N3O2. The van der Waals surface area contributed by atoms with Crippen molar-refractivity contribution in [2.75, 3.05) is 45.9 Å². The fourth-order valence-electron chi connectivity index (χ4n) is 6.00. The first-order valence-electron chi connectivity index (χ1n) is 13.4. The van der Waals surface area contributed by atoms with Crippen molar-refractivity contribution in [1.29, 1.82) is 0 Å². The van der Waals surface area contributed by atoms with E-state index < -0.39 is 0 Å². The van der Waals surface area contributed by atoms with E-state index in [2.05, 4.69) is 89.6 Å². The van der Waals surface area contributed by atoms with E-state index in [4.69, 9.17) is 4.74 Å². The Kier molecular flexibility index (Phi) is 8.00. The van der Waals surface area contributed by atoms with Gasteiger partial charge in [0.25, 0.3) is 0 Å². The lowest BCUT2D eigenvalue weighted by Gasteiger charge is -2.40. The molecule has 2 atom stereocenters. The number of fused-ring (bicyclic) bond motifs is 1. The first-order valence-corrected chi connectivity index (χ1v) is 13.4. The van der Waals surface area contributed by atoms with E-state index in [9.17, 15) is 4.79 Å². The van der Waals surface area contributed by atoms with Gasteiger partial charge in [0.15, 0.2) is 0 Å². The van der Waals surface area contributed by atoms with Gasteiger partial charge in [-0.15, -0.1) is 0 Å². The number of piperidine rings is 1. The standard InChI is InChI=1S/C31H39N3O2/c1-23-13-24(2)15-26(14-23)18-32-31(35)30-17-27(20-33-9-11-36-12-10-33)21-34(22-30)19-25-7-8-28-5-3-4-6-29(28)16-25/h3-8,13-16,27,30H,9-12,17-22H2,1-2H3,(H,32,35)/t27-,30-/m1/s1. The molecule has 2 aliphatic heterocycles. The predicted octanol–water partition coefficient (Wildman–Crippen LogP) is 4.54. The molecule has 1 N–H and O–H groups in total. The van der Waals surface area contributed by atoms with E-state index in [1.165, 1.54) is 33.0 Å². The van der Waals surface area contributed by atoms with Crippen molar-refractivity contribution >= 4 is 16.7 Å². The van der Waals surface area contributed by atoms with Crippen molar-refractivity contribution in [1.82, 2.24) is 15.1 Å². The number of likely N-dealkylation sites (tertiary alicyclic amines) is 1. The molecule has 2 saturated heterocycles. The molecule has 0 saturated carbocycles. The second-order valence-electron chi connectivity index (χ2n) is 10.8. The Labute approximate surface area is 215 Å². The molecule has 190 valence electrons. The topological polar surface area (TPSA) is 44.8 Å². The maximum absolute atomic E-state index is 13.4. The lowest BCUT2D eigenvalue weighted by molar-refractivity contribution is -0.128. The van der Waals surface area contributed by atoms with E-state index in [-0.39, 0.29) is 11.8 Å². The third-order valence-electron chi connectivity index (χ3n) is 7.57. The highest BCUT2D eigenvalue weighted by Crippen LogP contribution is 2.26. The lowest BCUT2D eigenvalue weighted by atomic mass is 9.87. The van der Waals surface area contributed by atoms with Gasteiger partial charge in [0.1, 0.15) is 0 Å². The van der Waals surface area contributed by atoms with E-state index >= 15 is 0 Å². The molecule has 3 aromatic rings. The summed E-state index contributed by atoms with van der Waals surface area (Å²) in [6.07, 6.45) is 0.949. The van der Waals surface area contributed by atoms with Gasteiger partial charge in [-0.05, 0) is 54.2 Å². The molecule has 0 aromatic heterocycles. The van der Waals surface area contributed by atoms with E-state index in [1.807, 2.05) is 0 Å². The van der Waals surface area contributed by atoms with E-state index in [0.29, 0.717) is 12.5 Å². The van der Waals surface area contributed by atoms with Crippen LogP contribution in [0.2, 0.25) is 0 Å². The molecule has 5 rings (SSSR count). The molecular weight excluding hydrogens is 446 g/mol. The van der Waals surface area contributed by atoms with Crippen LogP contribution in [0.5, 0.6) is 0 Å². The van der Waals surface area contributed by atoms with Gasteiger partial charge in [0, 0.05) is 45.8 Å². The maximum Gasteiger partial charge on any atom is 0.224 e. The third-order valence-corrected chi connectivity index (χ3v) is 7.57. The molecule has 2 heterocycles. The number of rotatable bonds is 7. The monoisotopic (exact) mass is 485 g/mol. The number of nitrogens with zero attached hydrogens (tertiary/aromatic N) is 2. The number of ether oxygens (including phenoxy) is 1. The second kappa shape index (κ2) is 11.5. The van der Waals surface area contributed by atoms with Gasteiger partial charge in [-0.3, -0.25) is 14.6 Å². The van der Waals surface area contributed by atoms with Crippen LogP contribution in [0.25, 0.3) is 10.8 Å². The number of hydrogen-bond acceptors (Lipinski definition) is 4. The maximum atomic E-state index is 13.4. The molecule has 1 amide bonds. The molecule has 0 radical (unpaired) electrons. The Morgan fingerprint density at radius 3 is 2.42 bits per heavy atom. The Balaban J connectivity index is 1.27. The van der Waals surface area contributed by atoms with Crippen LogP contribution in [-0.4, -0.2) is 61.6 Å². The zero-order valence-electron chi connectivity index (χ0n) is 21.7. The number of morpholine rings is 1. The lowest BCUT2D eigenvalue weighted by Crippen LogP contribution is -2.49. The summed E-state index contributed by atoms with van der Waals surface area (Å²) in [5, 5.41) is 5.81. The summed E-state index contributed by atoms with van der Waals surface area (Å²) in [5.41, 5.74) is 4.97. The number of benzene rings is 3. The molecule has 2 aliphatic rings. The Hall–Kier alpha value is -2.73. The molecule has 0 unspecified atom stereocenters. The van der Waals surface area contributed by atoms with Crippen molar-refractivity contribution in [3.05, 3.63) is 82.9 Å². The number of aryl methyl sites for hydroxylation is 2. The van der Waals surface area contributed by atoms with Crippen molar-refractivity contribution in [2.45, 2.75) is 33.4 Å². The summed E-state index contributed by atoms with van der Waals surface area (Å²) >= 11 is 0. The molecule has 0 bridgehead atoms. The molecule has 5 heteroatoms. The van der Waals surface area contributed by atoms with Crippen LogP contribution in [0, 0.1) is 25.7 Å². The van der Waals surface area contributed by atoms with Gasteiger partial charge in [-0.1, -0.05) is 65.7 Å². The molecule has 0 aliphatic carbocycles. The normalized spacial score (nSPS) is 21.5. The highest BCUT2D eigenvalue weighted by atomic mass is 16.5. The van der Waals surface area contributed by atoms with Crippen LogP contribution in [0.1, 0.15) is 28.7 Å². The van der Waals surface area contributed by atoms with Crippen LogP contribution in [-0.2, 0) is 22.6 Å². The van der Waals surface area contributed by atoms with Crippen molar-refractivity contribution < 1.29 is 9.53 Å². The summed E-state index contributed by atoms with van der Waals surface area (Å²) in [6.45, 7) is 12.2. The number of hydrogen-bond donors (Lipinski definition) is 1. The minimum Gasteiger partial charge on any atom is -0.379 e. The van der Waals surface area contributed by atoms with Gasteiger partial charge in [0.05, 0.1) is 19.1 Å². The van der Waals surface area contributed by atoms with Crippen molar-refractivity contribution in [2.24, 2.45) is 11.8 Å². The molecule has 36 heavy (non-hydrogen) atoms. The van der Waals surface area contributed by atoms with Gasteiger partial charge in [0.2, 0.25) is 5.91 Å². The zero-order chi connectivity index (χ0) is 24.9. The van der Waals surface area contributed by atoms with Gasteiger partial charge in [-0.25, -0.2) is 0 Å². The summed E-state index contributed by atoms with van der Waals surface area (Å²) in [5.74, 6) is 0.676. The average Bonchev–Trinajstić information content (AvgIpc) is 2.87.